The summed E-state index contributed by atoms with van der Waals surface area (Å²) in [6.07, 6.45) is 4.30. The van der Waals surface area contributed by atoms with Gasteiger partial charge in [0, 0.05) is 26.3 Å². The number of ether oxygens (including phenoxy) is 1. The molecule has 0 aromatic carbocycles. The van der Waals surface area contributed by atoms with Gasteiger partial charge in [-0.2, -0.15) is 5.10 Å². The van der Waals surface area contributed by atoms with E-state index < -0.39 is 5.60 Å². The van der Waals surface area contributed by atoms with Gasteiger partial charge in [0.25, 0.3) is 0 Å². The summed E-state index contributed by atoms with van der Waals surface area (Å²) < 4.78 is 7.48. The van der Waals surface area contributed by atoms with Gasteiger partial charge < -0.3 is 9.84 Å². The third kappa shape index (κ3) is 2.66. The van der Waals surface area contributed by atoms with Gasteiger partial charge in [-0.25, -0.2) is 4.98 Å². The van der Waals surface area contributed by atoms with Crippen LogP contribution in [-0.4, -0.2) is 37.7 Å². The van der Waals surface area contributed by atoms with Gasteiger partial charge in [0.05, 0.1) is 17.8 Å². The van der Waals surface area contributed by atoms with Crippen molar-refractivity contribution in [2.45, 2.75) is 50.7 Å². The molecule has 2 rings (SSSR count). The predicted octanol–water partition coefficient (Wildman–Crippen LogP) is 1.07. The predicted molar refractivity (Wildman–Crippen MR) is 63.5 cm³/mol. The summed E-state index contributed by atoms with van der Waals surface area (Å²) in [6, 6.07) is 0. The highest BCUT2D eigenvalue weighted by molar-refractivity contribution is 4.99. The van der Waals surface area contributed by atoms with Crippen LogP contribution in [0.15, 0.2) is 6.33 Å². The zero-order valence-electron chi connectivity index (χ0n) is 10.8. The van der Waals surface area contributed by atoms with Crippen LogP contribution in [0.25, 0.3) is 0 Å². The van der Waals surface area contributed by atoms with E-state index in [0.29, 0.717) is 25.9 Å². The fraction of sp³-hybridized carbons (Fsp3) is 0.833. The highest BCUT2D eigenvalue weighted by Gasteiger charge is 2.41. The highest BCUT2D eigenvalue weighted by Crippen LogP contribution is 2.36. The lowest BCUT2D eigenvalue weighted by molar-refractivity contribution is -0.153. The number of aromatic nitrogens is 3. The summed E-state index contributed by atoms with van der Waals surface area (Å²) in [5.41, 5.74) is -0.935. The summed E-state index contributed by atoms with van der Waals surface area (Å²) in [7, 11) is 1.85. The SMILES string of the molecule is CCC1(C)CC(O)(Cc2ncnn2C)CCO1. The van der Waals surface area contributed by atoms with Crippen LogP contribution in [0.5, 0.6) is 0 Å². The molecule has 1 aromatic heterocycles. The maximum Gasteiger partial charge on any atom is 0.138 e. The molecule has 0 saturated carbocycles. The lowest BCUT2D eigenvalue weighted by Crippen LogP contribution is -2.48. The van der Waals surface area contributed by atoms with Crippen LogP contribution < -0.4 is 0 Å². The topological polar surface area (TPSA) is 60.2 Å². The summed E-state index contributed by atoms with van der Waals surface area (Å²) in [4.78, 5) is 4.18. The van der Waals surface area contributed by atoms with E-state index in [2.05, 4.69) is 23.9 Å². The zero-order valence-corrected chi connectivity index (χ0v) is 10.8. The lowest BCUT2D eigenvalue weighted by atomic mass is 9.80. The number of hydrogen-bond donors (Lipinski definition) is 1. The minimum Gasteiger partial charge on any atom is -0.389 e. The minimum absolute atomic E-state index is 0.217. The second-order valence-electron chi connectivity index (χ2n) is 5.28. The maximum atomic E-state index is 10.7. The third-order valence-electron chi connectivity index (χ3n) is 3.76. The van der Waals surface area contributed by atoms with Crippen molar-refractivity contribution in [1.82, 2.24) is 14.8 Å². The number of hydrogen-bond acceptors (Lipinski definition) is 4. The normalized spacial score (nSPS) is 33.9. The first-order chi connectivity index (χ1) is 7.96. The molecule has 1 aliphatic heterocycles. The Hall–Kier alpha value is -0.940. The first-order valence-corrected chi connectivity index (χ1v) is 6.16. The first kappa shape index (κ1) is 12.5. The van der Waals surface area contributed by atoms with Crippen molar-refractivity contribution in [3.8, 4) is 0 Å². The Morgan fingerprint density at radius 1 is 1.59 bits per heavy atom. The molecule has 2 atom stereocenters. The van der Waals surface area contributed by atoms with Crippen LogP contribution >= 0.6 is 0 Å². The number of nitrogens with zero attached hydrogens (tertiary/aromatic N) is 3. The van der Waals surface area contributed by atoms with E-state index in [4.69, 9.17) is 4.74 Å². The molecule has 1 saturated heterocycles. The molecule has 0 radical (unpaired) electrons. The molecular formula is C12H21N3O2. The van der Waals surface area contributed by atoms with E-state index in [9.17, 15) is 5.11 Å². The van der Waals surface area contributed by atoms with Gasteiger partial charge in [-0.3, -0.25) is 4.68 Å². The molecule has 0 bridgehead atoms. The van der Waals surface area contributed by atoms with Crippen LogP contribution in [0.4, 0.5) is 0 Å². The van der Waals surface area contributed by atoms with Crippen molar-refractivity contribution < 1.29 is 9.84 Å². The van der Waals surface area contributed by atoms with Gasteiger partial charge in [-0.1, -0.05) is 6.92 Å². The average Bonchev–Trinajstić information content (AvgIpc) is 2.63. The van der Waals surface area contributed by atoms with Crippen LogP contribution in [0, 0.1) is 0 Å². The highest BCUT2D eigenvalue weighted by atomic mass is 16.5. The lowest BCUT2D eigenvalue weighted by Gasteiger charge is -2.42. The molecule has 17 heavy (non-hydrogen) atoms. The number of aliphatic hydroxyl groups is 1. The minimum atomic E-state index is -0.718. The molecule has 0 spiro atoms. The number of aryl methyl sites for hydroxylation is 1. The van der Waals surface area contributed by atoms with Gasteiger partial charge in [-0.05, 0) is 13.3 Å². The average molecular weight is 239 g/mol. The number of rotatable bonds is 3. The van der Waals surface area contributed by atoms with Crippen LogP contribution in [0.1, 0.15) is 38.9 Å². The van der Waals surface area contributed by atoms with Crippen molar-refractivity contribution >= 4 is 0 Å². The van der Waals surface area contributed by atoms with Gasteiger partial charge in [0.15, 0.2) is 0 Å². The van der Waals surface area contributed by atoms with Crippen LogP contribution in [0.2, 0.25) is 0 Å². The Morgan fingerprint density at radius 3 is 2.94 bits per heavy atom. The second-order valence-corrected chi connectivity index (χ2v) is 5.28. The molecule has 1 fully saturated rings. The van der Waals surface area contributed by atoms with Gasteiger partial charge in [0.2, 0.25) is 0 Å². The molecule has 5 heteroatoms. The Balaban J connectivity index is 2.11. The molecule has 1 aliphatic rings. The maximum absolute atomic E-state index is 10.7. The van der Waals surface area contributed by atoms with E-state index >= 15 is 0 Å². The van der Waals surface area contributed by atoms with Crippen LogP contribution in [-0.2, 0) is 18.2 Å². The van der Waals surface area contributed by atoms with Gasteiger partial charge in [-0.15, -0.1) is 0 Å². The Kier molecular flexibility index (Phi) is 3.23. The standard InChI is InChI=1S/C12H21N3O2/c1-4-11(2)8-12(16,5-6-17-11)7-10-13-9-14-15(10)3/h9,16H,4-8H2,1-3H3. The van der Waals surface area contributed by atoms with Crippen molar-refractivity contribution in [3.63, 3.8) is 0 Å². The van der Waals surface area contributed by atoms with Gasteiger partial charge >= 0.3 is 0 Å². The van der Waals surface area contributed by atoms with E-state index in [1.54, 1.807) is 4.68 Å². The van der Waals surface area contributed by atoms with Crippen molar-refractivity contribution in [3.05, 3.63) is 12.2 Å². The van der Waals surface area contributed by atoms with Gasteiger partial charge in [0.1, 0.15) is 12.2 Å². The Morgan fingerprint density at radius 2 is 2.35 bits per heavy atom. The summed E-state index contributed by atoms with van der Waals surface area (Å²) in [5, 5.41) is 14.7. The summed E-state index contributed by atoms with van der Waals surface area (Å²) >= 11 is 0. The van der Waals surface area contributed by atoms with E-state index in [1.807, 2.05) is 7.05 Å². The molecule has 2 unspecified atom stereocenters. The zero-order chi connectivity index (χ0) is 12.5. The van der Waals surface area contributed by atoms with Crippen molar-refractivity contribution in [2.24, 2.45) is 7.05 Å². The fourth-order valence-corrected chi connectivity index (χ4v) is 2.48. The molecule has 0 amide bonds. The molecular weight excluding hydrogens is 218 g/mol. The monoisotopic (exact) mass is 239 g/mol. The second kappa shape index (κ2) is 4.38. The van der Waals surface area contributed by atoms with E-state index in [0.717, 1.165) is 12.2 Å². The first-order valence-electron chi connectivity index (χ1n) is 6.16. The molecule has 0 aliphatic carbocycles. The fourth-order valence-electron chi connectivity index (χ4n) is 2.48. The Bertz CT molecular complexity index is 393. The largest absolute Gasteiger partial charge is 0.389 e. The Labute approximate surface area is 102 Å². The molecule has 96 valence electrons. The van der Waals surface area contributed by atoms with Crippen LogP contribution in [0.3, 0.4) is 0 Å². The molecule has 1 aromatic rings. The molecule has 5 nitrogen and oxygen atoms in total. The van der Waals surface area contributed by atoms with Crippen molar-refractivity contribution in [1.29, 1.82) is 0 Å². The van der Waals surface area contributed by atoms with E-state index in [1.165, 1.54) is 6.33 Å². The molecule has 1 N–H and O–H groups in total. The van der Waals surface area contributed by atoms with Crippen molar-refractivity contribution in [2.75, 3.05) is 6.61 Å². The smallest absolute Gasteiger partial charge is 0.138 e. The summed E-state index contributed by atoms with van der Waals surface area (Å²) in [6.45, 7) is 4.76. The third-order valence-corrected chi connectivity index (χ3v) is 3.76. The van der Waals surface area contributed by atoms with E-state index in [-0.39, 0.29) is 5.60 Å². The molecule has 2 heterocycles. The summed E-state index contributed by atoms with van der Waals surface area (Å²) in [5.74, 6) is 0.827. The quantitative estimate of drug-likeness (QED) is 0.857.